The van der Waals surface area contributed by atoms with E-state index in [0.717, 1.165) is 30.6 Å². The summed E-state index contributed by atoms with van der Waals surface area (Å²) in [5.41, 5.74) is 2.29. The summed E-state index contributed by atoms with van der Waals surface area (Å²) < 4.78 is 3.40. The first-order chi connectivity index (χ1) is 10.1. The Hall–Kier alpha value is -1.69. The second-order valence-corrected chi connectivity index (χ2v) is 5.93. The fourth-order valence-electron chi connectivity index (χ4n) is 3.29. The van der Waals surface area contributed by atoms with Gasteiger partial charge in [0.1, 0.15) is 5.52 Å². The fraction of sp³-hybridized carbons (Fsp3) is 0.667. The van der Waals surface area contributed by atoms with Crippen LogP contribution in [-0.4, -0.2) is 43.9 Å². The lowest BCUT2D eigenvalue weighted by molar-refractivity contribution is 0.285. The van der Waals surface area contributed by atoms with Crippen molar-refractivity contribution in [3.63, 3.8) is 0 Å². The molecule has 0 saturated carbocycles. The van der Waals surface area contributed by atoms with E-state index >= 15 is 0 Å². The van der Waals surface area contributed by atoms with Gasteiger partial charge < -0.3 is 4.90 Å². The number of aromatic nitrogens is 4. The molecule has 0 spiro atoms. The zero-order valence-corrected chi connectivity index (χ0v) is 13.0. The third kappa shape index (κ3) is 2.48. The Morgan fingerprint density at radius 1 is 1.38 bits per heavy atom. The molecular formula is C15H23N5O. The van der Waals surface area contributed by atoms with Crippen LogP contribution in [0.15, 0.2) is 11.1 Å². The molecule has 114 valence electrons. The summed E-state index contributed by atoms with van der Waals surface area (Å²) in [6, 6.07) is 0.588. The van der Waals surface area contributed by atoms with Gasteiger partial charge in [-0.25, -0.2) is 4.98 Å². The van der Waals surface area contributed by atoms with Gasteiger partial charge in [0.05, 0.1) is 12.0 Å². The van der Waals surface area contributed by atoms with E-state index in [0.29, 0.717) is 11.6 Å². The molecule has 3 heterocycles. The van der Waals surface area contributed by atoms with E-state index in [-0.39, 0.29) is 5.56 Å². The third-order valence-electron chi connectivity index (χ3n) is 4.59. The van der Waals surface area contributed by atoms with Crippen LogP contribution in [0.4, 0.5) is 0 Å². The maximum atomic E-state index is 12.6. The van der Waals surface area contributed by atoms with Crippen molar-refractivity contribution in [3.8, 4) is 0 Å². The van der Waals surface area contributed by atoms with E-state index in [9.17, 15) is 4.79 Å². The maximum absolute atomic E-state index is 12.6. The van der Waals surface area contributed by atoms with Crippen molar-refractivity contribution >= 4 is 11.0 Å². The molecule has 1 atom stereocenters. The van der Waals surface area contributed by atoms with Crippen LogP contribution in [0.2, 0.25) is 0 Å². The van der Waals surface area contributed by atoms with Crippen molar-refractivity contribution < 1.29 is 0 Å². The lowest BCUT2D eigenvalue weighted by Crippen LogP contribution is -2.29. The van der Waals surface area contributed by atoms with Crippen molar-refractivity contribution in [1.82, 2.24) is 24.2 Å². The Morgan fingerprint density at radius 2 is 2.19 bits per heavy atom. The molecule has 0 aliphatic carbocycles. The van der Waals surface area contributed by atoms with Crippen molar-refractivity contribution in [2.75, 3.05) is 13.6 Å². The van der Waals surface area contributed by atoms with Crippen LogP contribution in [0.3, 0.4) is 0 Å². The molecule has 0 amide bonds. The lowest BCUT2D eigenvalue weighted by atomic mass is 10.1. The average molecular weight is 289 g/mol. The molecule has 21 heavy (non-hydrogen) atoms. The highest BCUT2D eigenvalue weighted by Gasteiger charge is 2.21. The number of rotatable bonds is 4. The van der Waals surface area contributed by atoms with Crippen LogP contribution in [-0.2, 0) is 20.0 Å². The summed E-state index contributed by atoms with van der Waals surface area (Å²) in [5.74, 6) is 0. The molecule has 0 unspecified atom stereocenters. The number of likely N-dealkylation sites (tertiary alicyclic amines) is 1. The summed E-state index contributed by atoms with van der Waals surface area (Å²) in [7, 11) is 3.98. The van der Waals surface area contributed by atoms with Crippen LogP contribution in [0.1, 0.15) is 31.9 Å². The van der Waals surface area contributed by atoms with E-state index in [2.05, 4.69) is 22.0 Å². The topological polar surface area (TPSA) is 56.0 Å². The first kappa shape index (κ1) is 14.3. The predicted octanol–water partition coefficient (Wildman–Crippen LogP) is 1.18. The quantitative estimate of drug-likeness (QED) is 0.848. The SMILES string of the molecule is CCc1nn(C)c2c(=O)n(CC[C@H]3CCCN3C)cnc12. The number of hydrogen-bond donors (Lipinski definition) is 0. The van der Waals surface area contributed by atoms with Crippen molar-refractivity contribution in [2.45, 2.75) is 45.2 Å². The minimum Gasteiger partial charge on any atom is -0.303 e. The third-order valence-corrected chi connectivity index (χ3v) is 4.59. The minimum atomic E-state index is 0.0235. The Morgan fingerprint density at radius 3 is 2.86 bits per heavy atom. The molecule has 0 N–H and O–H groups in total. The van der Waals surface area contributed by atoms with E-state index in [1.54, 1.807) is 15.6 Å². The van der Waals surface area contributed by atoms with Gasteiger partial charge in [0.2, 0.25) is 0 Å². The van der Waals surface area contributed by atoms with E-state index in [1.807, 2.05) is 14.0 Å². The van der Waals surface area contributed by atoms with Gasteiger partial charge in [-0.05, 0) is 39.3 Å². The standard InChI is InChI=1S/C15H23N5O/c1-4-12-13-14(19(3)17-12)15(21)20(10-16-13)9-7-11-6-5-8-18(11)2/h10-11H,4-9H2,1-3H3/t11-/m1/s1. The Kier molecular flexibility index (Phi) is 3.80. The molecular weight excluding hydrogens is 266 g/mol. The second-order valence-electron chi connectivity index (χ2n) is 5.93. The van der Waals surface area contributed by atoms with Gasteiger partial charge in [0.15, 0.2) is 5.52 Å². The number of fused-ring (bicyclic) bond motifs is 1. The maximum Gasteiger partial charge on any atom is 0.279 e. The number of hydrogen-bond acceptors (Lipinski definition) is 4. The fourth-order valence-corrected chi connectivity index (χ4v) is 3.29. The first-order valence-electron chi connectivity index (χ1n) is 7.73. The Labute approximate surface area is 124 Å². The monoisotopic (exact) mass is 289 g/mol. The van der Waals surface area contributed by atoms with Crippen LogP contribution in [0.5, 0.6) is 0 Å². The normalized spacial score (nSPS) is 19.7. The van der Waals surface area contributed by atoms with E-state index in [4.69, 9.17) is 0 Å². The molecule has 1 fully saturated rings. The highest BCUT2D eigenvalue weighted by Crippen LogP contribution is 2.18. The van der Waals surface area contributed by atoms with Gasteiger partial charge in [-0.1, -0.05) is 6.92 Å². The van der Waals surface area contributed by atoms with Crippen LogP contribution >= 0.6 is 0 Å². The van der Waals surface area contributed by atoms with Crippen molar-refractivity contribution in [2.24, 2.45) is 7.05 Å². The zero-order chi connectivity index (χ0) is 15.0. The number of nitrogens with zero attached hydrogens (tertiary/aromatic N) is 5. The Balaban J connectivity index is 1.88. The van der Waals surface area contributed by atoms with Gasteiger partial charge in [0, 0.05) is 19.6 Å². The molecule has 6 nitrogen and oxygen atoms in total. The first-order valence-corrected chi connectivity index (χ1v) is 7.73. The summed E-state index contributed by atoms with van der Waals surface area (Å²) in [6.07, 6.45) is 5.96. The van der Waals surface area contributed by atoms with Gasteiger partial charge in [0.25, 0.3) is 5.56 Å². The molecule has 0 bridgehead atoms. The highest BCUT2D eigenvalue weighted by atomic mass is 16.1. The van der Waals surface area contributed by atoms with E-state index in [1.165, 1.54) is 19.4 Å². The minimum absolute atomic E-state index is 0.0235. The van der Waals surface area contributed by atoms with Gasteiger partial charge in [-0.15, -0.1) is 0 Å². The van der Waals surface area contributed by atoms with Crippen LogP contribution in [0.25, 0.3) is 11.0 Å². The molecule has 0 radical (unpaired) electrons. The second kappa shape index (κ2) is 5.60. The molecule has 2 aromatic heterocycles. The van der Waals surface area contributed by atoms with Gasteiger partial charge >= 0.3 is 0 Å². The zero-order valence-electron chi connectivity index (χ0n) is 13.0. The predicted molar refractivity (Wildman–Crippen MR) is 82.4 cm³/mol. The van der Waals surface area contributed by atoms with Crippen LogP contribution in [0, 0.1) is 0 Å². The van der Waals surface area contributed by atoms with Crippen molar-refractivity contribution in [3.05, 3.63) is 22.4 Å². The smallest absolute Gasteiger partial charge is 0.279 e. The molecule has 1 aliphatic heterocycles. The molecule has 2 aromatic rings. The van der Waals surface area contributed by atoms with Crippen molar-refractivity contribution in [1.29, 1.82) is 0 Å². The lowest BCUT2D eigenvalue weighted by Gasteiger charge is -2.19. The molecule has 0 aromatic carbocycles. The average Bonchev–Trinajstić information content (AvgIpc) is 3.02. The summed E-state index contributed by atoms with van der Waals surface area (Å²) >= 11 is 0. The molecule has 1 aliphatic rings. The number of aryl methyl sites for hydroxylation is 3. The van der Waals surface area contributed by atoms with E-state index < -0.39 is 0 Å². The van der Waals surface area contributed by atoms with Gasteiger partial charge in [-0.2, -0.15) is 5.10 Å². The Bertz CT molecular complexity index is 702. The highest BCUT2D eigenvalue weighted by molar-refractivity contribution is 5.76. The molecule has 1 saturated heterocycles. The largest absolute Gasteiger partial charge is 0.303 e. The summed E-state index contributed by atoms with van der Waals surface area (Å²) in [5, 5.41) is 4.39. The summed E-state index contributed by atoms with van der Waals surface area (Å²) in [6.45, 7) is 3.92. The van der Waals surface area contributed by atoms with Crippen LogP contribution < -0.4 is 5.56 Å². The molecule has 3 rings (SSSR count). The molecule has 6 heteroatoms. The summed E-state index contributed by atoms with van der Waals surface area (Å²) in [4.78, 5) is 19.5. The van der Waals surface area contributed by atoms with Gasteiger partial charge in [-0.3, -0.25) is 14.0 Å².